The Kier molecular flexibility index (Phi) is 4.90. The molecule has 0 bridgehead atoms. The van der Waals surface area contributed by atoms with E-state index in [0.717, 1.165) is 5.56 Å². The molecule has 6 nitrogen and oxygen atoms in total. The summed E-state index contributed by atoms with van der Waals surface area (Å²) >= 11 is 6.40. The Morgan fingerprint density at radius 2 is 1.76 bits per heavy atom. The van der Waals surface area contributed by atoms with Crippen LogP contribution in [0.25, 0.3) is 5.69 Å². The lowest BCUT2D eigenvalue weighted by atomic mass is 10.2. The van der Waals surface area contributed by atoms with Crippen molar-refractivity contribution in [1.82, 2.24) is 9.78 Å². The predicted octanol–water partition coefficient (Wildman–Crippen LogP) is 5.04. The summed E-state index contributed by atoms with van der Waals surface area (Å²) in [7, 11) is 1.28. The highest BCUT2D eigenvalue weighted by Crippen LogP contribution is 2.33. The van der Waals surface area contributed by atoms with Gasteiger partial charge in [-0.05, 0) is 31.2 Å². The van der Waals surface area contributed by atoms with Gasteiger partial charge in [0.2, 0.25) is 0 Å². The zero-order valence-corrected chi connectivity index (χ0v) is 14.4. The van der Waals surface area contributed by atoms with Gasteiger partial charge in [-0.25, -0.2) is 9.48 Å². The van der Waals surface area contributed by atoms with Gasteiger partial charge in [0, 0.05) is 0 Å². The summed E-state index contributed by atoms with van der Waals surface area (Å²) in [5.74, 6) is -0.630. The van der Waals surface area contributed by atoms with Gasteiger partial charge in [0.1, 0.15) is 0 Å². The Morgan fingerprint density at radius 3 is 2.40 bits per heavy atom. The van der Waals surface area contributed by atoms with E-state index in [4.69, 9.17) is 16.3 Å². The van der Waals surface area contributed by atoms with Gasteiger partial charge in [0.25, 0.3) is 0 Å². The van der Waals surface area contributed by atoms with E-state index in [1.807, 2.05) is 61.5 Å². The molecule has 0 N–H and O–H groups in total. The van der Waals surface area contributed by atoms with Crippen molar-refractivity contribution in [1.29, 1.82) is 0 Å². The first kappa shape index (κ1) is 16.9. The molecule has 0 saturated carbocycles. The molecule has 0 atom stereocenters. The van der Waals surface area contributed by atoms with E-state index in [9.17, 15) is 4.79 Å². The van der Waals surface area contributed by atoms with Crippen LogP contribution in [0.5, 0.6) is 0 Å². The van der Waals surface area contributed by atoms with Crippen molar-refractivity contribution in [3.05, 3.63) is 71.0 Å². The monoisotopic (exact) mass is 354 g/mol. The molecule has 0 spiro atoms. The van der Waals surface area contributed by atoms with Crippen LogP contribution in [0.1, 0.15) is 16.1 Å². The molecule has 2 aromatic carbocycles. The summed E-state index contributed by atoms with van der Waals surface area (Å²) in [5.41, 5.74) is 2.63. The van der Waals surface area contributed by atoms with E-state index < -0.39 is 5.97 Å². The van der Waals surface area contributed by atoms with Gasteiger partial charge in [-0.2, -0.15) is 10.2 Å². The van der Waals surface area contributed by atoms with Crippen molar-refractivity contribution in [2.24, 2.45) is 10.2 Å². The average Bonchev–Trinajstić information content (AvgIpc) is 2.98. The standard InChI is InChI=1S/C18H15ClN4O2/c1-12-8-10-13(11-9-12)20-21-15-16(18(24)25-2)22-23(17(15)19)14-6-4-3-5-7-14/h3-11H,1-2H3. The number of azo groups is 1. The van der Waals surface area contributed by atoms with Crippen LogP contribution in [0, 0.1) is 6.92 Å². The molecule has 1 heterocycles. The number of carbonyl (C=O) groups is 1. The smallest absolute Gasteiger partial charge is 0.360 e. The summed E-state index contributed by atoms with van der Waals surface area (Å²) in [6.07, 6.45) is 0. The topological polar surface area (TPSA) is 68.8 Å². The lowest BCUT2D eigenvalue weighted by Gasteiger charge is -2.01. The zero-order chi connectivity index (χ0) is 17.8. The third-order valence-electron chi connectivity index (χ3n) is 3.48. The predicted molar refractivity (Wildman–Crippen MR) is 95.3 cm³/mol. The van der Waals surface area contributed by atoms with Gasteiger partial charge in [0.15, 0.2) is 16.5 Å². The molecular formula is C18H15ClN4O2. The fourth-order valence-corrected chi connectivity index (χ4v) is 2.43. The molecule has 0 amide bonds. The van der Waals surface area contributed by atoms with Gasteiger partial charge in [-0.1, -0.05) is 47.5 Å². The molecule has 0 fully saturated rings. The summed E-state index contributed by atoms with van der Waals surface area (Å²) in [5, 5.41) is 12.7. The Hall–Kier alpha value is -2.99. The number of ether oxygens (including phenoxy) is 1. The third-order valence-corrected chi connectivity index (χ3v) is 3.82. The minimum absolute atomic E-state index is 0.00668. The maximum Gasteiger partial charge on any atom is 0.360 e. The van der Waals surface area contributed by atoms with Crippen LogP contribution < -0.4 is 0 Å². The first-order valence-electron chi connectivity index (χ1n) is 7.51. The van der Waals surface area contributed by atoms with Crippen molar-refractivity contribution in [3.63, 3.8) is 0 Å². The van der Waals surface area contributed by atoms with Crippen molar-refractivity contribution in [2.75, 3.05) is 7.11 Å². The third kappa shape index (κ3) is 3.59. The Morgan fingerprint density at radius 1 is 1.08 bits per heavy atom. The number of aromatic nitrogens is 2. The summed E-state index contributed by atoms with van der Waals surface area (Å²) in [4.78, 5) is 12.0. The lowest BCUT2D eigenvalue weighted by Crippen LogP contribution is -2.04. The van der Waals surface area contributed by atoms with Crippen molar-refractivity contribution >= 4 is 28.9 Å². The average molecular weight is 355 g/mol. The van der Waals surface area contributed by atoms with Gasteiger partial charge < -0.3 is 4.74 Å². The van der Waals surface area contributed by atoms with E-state index in [1.54, 1.807) is 0 Å². The number of esters is 1. The van der Waals surface area contributed by atoms with Crippen LogP contribution in [0.15, 0.2) is 64.8 Å². The molecule has 25 heavy (non-hydrogen) atoms. The Labute approximate surface area is 149 Å². The van der Waals surface area contributed by atoms with Crippen LogP contribution in [-0.2, 0) is 4.74 Å². The molecule has 0 unspecified atom stereocenters. The minimum atomic E-state index is -0.630. The number of aryl methyl sites for hydroxylation is 1. The zero-order valence-electron chi connectivity index (χ0n) is 13.7. The highest BCUT2D eigenvalue weighted by Gasteiger charge is 2.23. The quantitative estimate of drug-likeness (QED) is 0.487. The number of methoxy groups -OCH3 is 1. The van der Waals surface area contributed by atoms with E-state index in [2.05, 4.69) is 15.3 Å². The Bertz CT molecular complexity index is 918. The molecule has 0 aliphatic carbocycles. The number of hydrogen-bond acceptors (Lipinski definition) is 5. The van der Waals surface area contributed by atoms with Crippen molar-refractivity contribution in [2.45, 2.75) is 6.92 Å². The largest absolute Gasteiger partial charge is 0.464 e. The maximum absolute atomic E-state index is 12.0. The van der Waals surface area contributed by atoms with Gasteiger partial charge >= 0.3 is 5.97 Å². The number of benzene rings is 2. The van der Waals surface area contributed by atoms with Gasteiger partial charge in [0.05, 0.1) is 18.5 Å². The van der Waals surface area contributed by atoms with E-state index in [1.165, 1.54) is 11.8 Å². The molecule has 7 heteroatoms. The number of hydrogen-bond donors (Lipinski definition) is 0. The van der Waals surface area contributed by atoms with Crippen LogP contribution in [-0.4, -0.2) is 22.9 Å². The van der Waals surface area contributed by atoms with E-state index >= 15 is 0 Å². The van der Waals surface area contributed by atoms with Crippen LogP contribution in [0.4, 0.5) is 11.4 Å². The first-order valence-corrected chi connectivity index (χ1v) is 7.88. The number of nitrogens with zero attached hydrogens (tertiary/aromatic N) is 4. The number of para-hydroxylation sites is 1. The lowest BCUT2D eigenvalue weighted by molar-refractivity contribution is 0.0594. The van der Waals surface area contributed by atoms with Gasteiger partial charge in [-0.15, -0.1) is 5.11 Å². The summed E-state index contributed by atoms with van der Waals surface area (Å²) in [6.45, 7) is 1.98. The second kappa shape index (κ2) is 7.27. The second-order valence-electron chi connectivity index (χ2n) is 5.26. The van der Waals surface area contributed by atoms with Crippen LogP contribution in [0.2, 0.25) is 5.15 Å². The fourth-order valence-electron chi connectivity index (χ4n) is 2.17. The number of carbonyl (C=O) groups excluding carboxylic acids is 1. The number of rotatable bonds is 4. The second-order valence-corrected chi connectivity index (χ2v) is 5.62. The highest BCUT2D eigenvalue weighted by atomic mass is 35.5. The van der Waals surface area contributed by atoms with Crippen molar-refractivity contribution < 1.29 is 9.53 Å². The molecule has 1 aromatic heterocycles. The fraction of sp³-hybridized carbons (Fsp3) is 0.111. The minimum Gasteiger partial charge on any atom is -0.464 e. The molecule has 0 radical (unpaired) electrons. The van der Waals surface area contributed by atoms with Crippen molar-refractivity contribution in [3.8, 4) is 5.69 Å². The van der Waals surface area contributed by atoms with Crippen LogP contribution in [0.3, 0.4) is 0 Å². The molecule has 0 saturated heterocycles. The summed E-state index contributed by atoms with van der Waals surface area (Å²) in [6, 6.07) is 16.7. The van der Waals surface area contributed by atoms with Gasteiger partial charge in [-0.3, -0.25) is 0 Å². The first-order chi connectivity index (χ1) is 12.1. The molecule has 3 aromatic rings. The normalized spacial score (nSPS) is 11.0. The maximum atomic E-state index is 12.0. The molecule has 3 rings (SSSR count). The molecule has 0 aliphatic rings. The molecule has 0 aliphatic heterocycles. The highest BCUT2D eigenvalue weighted by molar-refractivity contribution is 6.33. The number of halogens is 1. The Balaban J connectivity index is 2.06. The summed E-state index contributed by atoms with van der Waals surface area (Å²) < 4.78 is 6.20. The molecular weight excluding hydrogens is 340 g/mol. The van der Waals surface area contributed by atoms with E-state index in [-0.39, 0.29) is 16.5 Å². The van der Waals surface area contributed by atoms with Crippen LogP contribution >= 0.6 is 11.6 Å². The SMILES string of the molecule is COC(=O)c1nn(-c2ccccc2)c(Cl)c1N=Nc1ccc(C)cc1. The molecule has 126 valence electrons. The van der Waals surface area contributed by atoms with E-state index in [0.29, 0.717) is 11.4 Å².